The molecule has 22 heavy (non-hydrogen) atoms. The van der Waals surface area contributed by atoms with E-state index < -0.39 is 0 Å². The summed E-state index contributed by atoms with van der Waals surface area (Å²) in [6.07, 6.45) is 4.73. The predicted octanol–water partition coefficient (Wildman–Crippen LogP) is 1.91. The van der Waals surface area contributed by atoms with Gasteiger partial charge in [-0.3, -0.25) is 9.48 Å². The molecule has 1 aliphatic rings. The first-order chi connectivity index (χ1) is 10.6. The zero-order chi connectivity index (χ0) is 15.7. The van der Waals surface area contributed by atoms with E-state index in [-0.39, 0.29) is 12.2 Å². The SMILES string of the molecule is C[C@@H]1CN(c2ccc(-c3cnn(C)c3)nc2C=O)C[C@H](C)O1. The normalized spacial score (nSPS) is 21.9. The van der Waals surface area contributed by atoms with E-state index in [0.29, 0.717) is 5.69 Å². The van der Waals surface area contributed by atoms with E-state index in [4.69, 9.17) is 4.74 Å². The smallest absolute Gasteiger partial charge is 0.170 e. The molecule has 2 aromatic rings. The number of hydrogen-bond donors (Lipinski definition) is 0. The molecule has 116 valence electrons. The lowest BCUT2D eigenvalue weighted by Gasteiger charge is -2.37. The second kappa shape index (κ2) is 5.88. The van der Waals surface area contributed by atoms with Crippen molar-refractivity contribution < 1.29 is 9.53 Å². The number of aldehydes is 1. The number of aryl methyl sites for hydroxylation is 1. The van der Waals surface area contributed by atoms with Gasteiger partial charge in [0.2, 0.25) is 0 Å². The van der Waals surface area contributed by atoms with Crippen molar-refractivity contribution in [2.75, 3.05) is 18.0 Å². The van der Waals surface area contributed by atoms with Gasteiger partial charge < -0.3 is 9.64 Å². The highest BCUT2D eigenvalue weighted by atomic mass is 16.5. The van der Waals surface area contributed by atoms with Crippen molar-refractivity contribution >= 4 is 12.0 Å². The number of morpholine rings is 1. The second-order valence-electron chi connectivity index (χ2n) is 5.78. The fourth-order valence-corrected chi connectivity index (χ4v) is 2.91. The van der Waals surface area contributed by atoms with Crippen LogP contribution in [0.25, 0.3) is 11.3 Å². The van der Waals surface area contributed by atoms with Gasteiger partial charge in [0.15, 0.2) is 6.29 Å². The summed E-state index contributed by atoms with van der Waals surface area (Å²) >= 11 is 0. The molecular formula is C16H20N4O2. The van der Waals surface area contributed by atoms with Crippen molar-refractivity contribution in [3.63, 3.8) is 0 Å². The quantitative estimate of drug-likeness (QED) is 0.810. The molecule has 1 fully saturated rings. The summed E-state index contributed by atoms with van der Waals surface area (Å²) in [6, 6.07) is 3.90. The third-order valence-electron chi connectivity index (χ3n) is 3.77. The van der Waals surface area contributed by atoms with Crippen LogP contribution in [0.5, 0.6) is 0 Å². The third-order valence-corrected chi connectivity index (χ3v) is 3.77. The van der Waals surface area contributed by atoms with Crippen LogP contribution < -0.4 is 4.90 Å². The maximum atomic E-state index is 11.5. The first-order valence-electron chi connectivity index (χ1n) is 7.42. The van der Waals surface area contributed by atoms with Crippen LogP contribution in [-0.2, 0) is 11.8 Å². The molecule has 2 aromatic heterocycles. The molecule has 0 unspecified atom stereocenters. The van der Waals surface area contributed by atoms with Gasteiger partial charge in [0.25, 0.3) is 0 Å². The molecule has 0 aromatic carbocycles. The number of aromatic nitrogens is 3. The molecule has 6 nitrogen and oxygen atoms in total. The minimum Gasteiger partial charge on any atom is -0.372 e. The number of carbonyl (C=O) groups excluding carboxylic acids is 1. The van der Waals surface area contributed by atoms with Crippen molar-refractivity contribution in [1.82, 2.24) is 14.8 Å². The largest absolute Gasteiger partial charge is 0.372 e. The molecule has 0 spiro atoms. The Bertz CT molecular complexity index is 673. The molecular weight excluding hydrogens is 280 g/mol. The van der Waals surface area contributed by atoms with Crippen LogP contribution in [0.4, 0.5) is 5.69 Å². The summed E-state index contributed by atoms with van der Waals surface area (Å²) in [7, 11) is 1.86. The number of pyridine rings is 1. The van der Waals surface area contributed by atoms with Gasteiger partial charge >= 0.3 is 0 Å². The summed E-state index contributed by atoms with van der Waals surface area (Å²) < 4.78 is 7.46. The highest BCUT2D eigenvalue weighted by Gasteiger charge is 2.24. The Morgan fingerprint density at radius 1 is 1.27 bits per heavy atom. The Kier molecular flexibility index (Phi) is 3.94. The standard InChI is InChI=1S/C16H20N4O2/c1-11-7-20(8-12(2)22-11)16-5-4-14(18-15(16)10-21)13-6-17-19(3)9-13/h4-6,9-12H,7-8H2,1-3H3/t11-,12+. The summed E-state index contributed by atoms with van der Waals surface area (Å²) in [5, 5.41) is 4.14. The fraction of sp³-hybridized carbons (Fsp3) is 0.438. The average molecular weight is 300 g/mol. The Balaban J connectivity index is 1.94. The minimum absolute atomic E-state index is 0.140. The van der Waals surface area contributed by atoms with Gasteiger partial charge in [-0.05, 0) is 26.0 Å². The van der Waals surface area contributed by atoms with Crippen molar-refractivity contribution in [3.8, 4) is 11.3 Å². The van der Waals surface area contributed by atoms with Crippen LogP contribution in [0.15, 0.2) is 24.5 Å². The van der Waals surface area contributed by atoms with E-state index in [1.54, 1.807) is 10.9 Å². The maximum absolute atomic E-state index is 11.5. The van der Waals surface area contributed by atoms with Gasteiger partial charge in [0.05, 0.1) is 29.8 Å². The monoisotopic (exact) mass is 300 g/mol. The van der Waals surface area contributed by atoms with E-state index in [0.717, 1.165) is 36.3 Å². The van der Waals surface area contributed by atoms with Crippen LogP contribution in [0, 0.1) is 0 Å². The Labute approximate surface area is 129 Å². The number of rotatable bonds is 3. The lowest BCUT2D eigenvalue weighted by atomic mass is 10.1. The lowest BCUT2D eigenvalue weighted by molar-refractivity contribution is -0.00527. The number of hydrogen-bond acceptors (Lipinski definition) is 5. The first kappa shape index (κ1) is 14.7. The molecule has 0 radical (unpaired) electrons. The van der Waals surface area contributed by atoms with Crippen molar-refractivity contribution in [3.05, 3.63) is 30.2 Å². The van der Waals surface area contributed by atoms with Gasteiger partial charge in [-0.15, -0.1) is 0 Å². The Morgan fingerprint density at radius 3 is 2.59 bits per heavy atom. The molecule has 6 heteroatoms. The zero-order valence-electron chi connectivity index (χ0n) is 13.1. The van der Waals surface area contributed by atoms with Crippen molar-refractivity contribution in [2.24, 2.45) is 7.05 Å². The zero-order valence-corrected chi connectivity index (χ0v) is 13.1. The topological polar surface area (TPSA) is 60.2 Å². The van der Waals surface area contributed by atoms with E-state index in [1.807, 2.05) is 39.2 Å². The van der Waals surface area contributed by atoms with Crippen LogP contribution in [0.1, 0.15) is 24.3 Å². The second-order valence-corrected chi connectivity index (χ2v) is 5.78. The van der Waals surface area contributed by atoms with Crippen molar-refractivity contribution in [2.45, 2.75) is 26.1 Å². The summed E-state index contributed by atoms with van der Waals surface area (Å²) in [5.74, 6) is 0. The molecule has 3 heterocycles. The van der Waals surface area contributed by atoms with Gasteiger partial charge in [-0.25, -0.2) is 4.98 Å². The minimum atomic E-state index is 0.140. The first-order valence-corrected chi connectivity index (χ1v) is 7.42. The molecule has 0 amide bonds. The number of nitrogens with zero attached hydrogens (tertiary/aromatic N) is 4. The number of anilines is 1. The molecule has 0 bridgehead atoms. The maximum Gasteiger partial charge on any atom is 0.170 e. The van der Waals surface area contributed by atoms with Gasteiger partial charge in [0.1, 0.15) is 5.69 Å². The molecule has 1 aliphatic heterocycles. The van der Waals surface area contributed by atoms with Gasteiger partial charge in [0, 0.05) is 31.9 Å². The van der Waals surface area contributed by atoms with Gasteiger partial charge in [-0.1, -0.05) is 0 Å². The number of carbonyl (C=O) groups is 1. The highest BCUT2D eigenvalue weighted by Crippen LogP contribution is 2.26. The van der Waals surface area contributed by atoms with Crippen LogP contribution in [0.3, 0.4) is 0 Å². The van der Waals surface area contributed by atoms with Crippen LogP contribution >= 0.6 is 0 Å². The predicted molar refractivity (Wildman–Crippen MR) is 84.0 cm³/mol. The Morgan fingerprint density at radius 2 is 2.00 bits per heavy atom. The molecule has 0 saturated carbocycles. The number of ether oxygens (including phenoxy) is 1. The molecule has 0 N–H and O–H groups in total. The van der Waals surface area contributed by atoms with Crippen LogP contribution in [0.2, 0.25) is 0 Å². The lowest BCUT2D eigenvalue weighted by Crippen LogP contribution is -2.45. The molecule has 3 rings (SSSR count). The summed E-state index contributed by atoms with van der Waals surface area (Å²) in [4.78, 5) is 18.1. The van der Waals surface area contributed by atoms with E-state index in [9.17, 15) is 4.79 Å². The fourth-order valence-electron chi connectivity index (χ4n) is 2.91. The van der Waals surface area contributed by atoms with Crippen LogP contribution in [-0.4, -0.2) is 46.3 Å². The molecule has 0 aliphatic carbocycles. The van der Waals surface area contributed by atoms with Crippen molar-refractivity contribution in [1.29, 1.82) is 0 Å². The highest BCUT2D eigenvalue weighted by molar-refractivity contribution is 5.83. The van der Waals surface area contributed by atoms with E-state index in [1.165, 1.54) is 0 Å². The average Bonchev–Trinajstić information content (AvgIpc) is 2.92. The third kappa shape index (κ3) is 2.87. The summed E-state index contributed by atoms with van der Waals surface area (Å²) in [5.41, 5.74) is 2.99. The van der Waals surface area contributed by atoms with E-state index >= 15 is 0 Å². The Hall–Kier alpha value is -2.21. The molecule has 2 atom stereocenters. The summed E-state index contributed by atoms with van der Waals surface area (Å²) in [6.45, 7) is 5.61. The van der Waals surface area contributed by atoms with E-state index in [2.05, 4.69) is 15.0 Å². The molecule has 1 saturated heterocycles. The van der Waals surface area contributed by atoms with Gasteiger partial charge in [-0.2, -0.15) is 5.10 Å².